The Morgan fingerprint density at radius 2 is 2.47 bits per heavy atom. The first-order valence-electron chi connectivity index (χ1n) is 4.65. The Bertz CT molecular complexity index is 314. The molecule has 1 aromatic rings. The van der Waals surface area contributed by atoms with Crippen molar-refractivity contribution < 1.29 is 14.3 Å². The van der Waals surface area contributed by atoms with Gasteiger partial charge in [0.25, 0.3) is 6.01 Å². The summed E-state index contributed by atoms with van der Waals surface area (Å²) in [5.74, 6) is 0.0577. The predicted molar refractivity (Wildman–Crippen MR) is 59.6 cm³/mol. The summed E-state index contributed by atoms with van der Waals surface area (Å²) in [7, 11) is 0. The van der Waals surface area contributed by atoms with Gasteiger partial charge >= 0.3 is 5.97 Å². The van der Waals surface area contributed by atoms with Crippen molar-refractivity contribution in [2.45, 2.75) is 12.8 Å². The van der Waals surface area contributed by atoms with Gasteiger partial charge in [0, 0.05) is 6.54 Å². The van der Waals surface area contributed by atoms with E-state index in [1.807, 2.05) is 11.8 Å². The molecule has 1 rings (SSSR count). The molecule has 0 atom stereocenters. The lowest BCUT2D eigenvalue weighted by Crippen LogP contribution is -2.03. The highest BCUT2D eigenvalue weighted by molar-refractivity contribution is 7.98. The number of aromatic carboxylic acids is 1. The Hall–Kier alpha value is -1.17. The molecular weight excluding hydrogens is 216 g/mol. The Labute approximate surface area is 92.3 Å². The second-order valence-corrected chi connectivity index (χ2v) is 3.96. The first-order valence-corrected chi connectivity index (χ1v) is 6.05. The highest BCUT2D eigenvalue weighted by atomic mass is 32.2. The standard InChI is InChI=1S/C9H14N2O3S/c1-15-5-3-2-4-10-9-11-7(6-14-9)8(12)13/h6H,2-5H2,1H3,(H,10,11)(H,12,13). The van der Waals surface area contributed by atoms with Crippen LogP contribution in [-0.2, 0) is 0 Å². The third-order valence-corrected chi connectivity index (χ3v) is 2.47. The van der Waals surface area contributed by atoms with Gasteiger partial charge in [0.2, 0.25) is 0 Å². The molecule has 0 bridgehead atoms. The Balaban J connectivity index is 2.23. The molecule has 0 aliphatic heterocycles. The molecule has 84 valence electrons. The maximum atomic E-state index is 10.5. The fourth-order valence-electron chi connectivity index (χ4n) is 1.02. The van der Waals surface area contributed by atoms with E-state index < -0.39 is 5.97 Å². The summed E-state index contributed by atoms with van der Waals surface area (Å²) < 4.78 is 4.92. The van der Waals surface area contributed by atoms with Crippen LogP contribution >= 0.6 is 11.8 Å². The molecule has 0 unspecified atom stereocenters. The fraction of sp³-hybridized carbons (Fsp3) is 0.556. The topological polar surface area (TPSA) is 75.4 Å². The van der Waals surface area contributed by atoms with Crippen LogP contribution in [0.2, 0.25) is 0 Å². The molecule has 1 heterocycles. The van der Waals surface area contributed by atoms with Gasteiger partial charge in [-0.25, -0.2) is 4.79 Å². The largest absolute Gasteiger partial charge is 0.476 e. The summed E-state index contributed by atoms with van der Waals surface area (Å²) in [4.78, 5) is 14.2. The fourth-order valence-corrected chi connectivity index (χ4v) is 1.51. The van der Waals surface area contributed by atoms with E-state index in [4.69, 9.17) is 9.52 Å². The molecule has 0 saturated carbocycles. The van der Waals surface area contributed by atoms with E-state index >= 15 is 0 Å². The van der Waals surface area contributed by atoms with Crippen LogP contribution < -0.4 is 5.32 Å². The summed E-state index contributed by atoms with van der Waals surface area (Å²) in [6.45, 7) is 0.750. The van der Waals surface area contributed by atoms with Gasteiger partial charge in [0.15, 0.2) is 5.69 Å². The molecule has 0 aliphatic carbocycles. The van der Waals surface area contributed by atoms with Crippen LogP contribution in [0, 0.1) is 0 Å². The third-order valence-electron chi connectivity index (χ3n) is 1.77. The molecular formula is C9H14N2O3S. The predicted octanol–water partition coefficient (Wildman–Crippen LogP) is 1.93. The van der Waals surface area contributed by atoms with Gasteiger partial charge in [-0.2, -0.15) is 16.7 Å². The number of hydrogen-bond donors (Lipinski definition) is 2. The molecule has 1 aromatic heterocycles. The number of carboxylic acid groups (broad SMARTS) is 1. The average Bonchev–Trinajstić information content (AvgIpc) is 2.66. The minimum Gasteiger partial charge on any atom is -0.476 e. The lowest BCUT2D eigenvalue weighted by molar-refractivity contribution is 0.0690. The first-order chi connectivity index (χ1) is 7.24. The van der Waals surface area contributed by atoms with Gasteiger partial charge in [0.05, 0.1) is 0 Å². The number of nitrogens with one attached hydrogen (secondary N) is 1. The highest BCUT2D eigenvalue weighted by Gasteiger charge is 2.09. The third kappa shape index (κ3) is 4.24. The summed E-state index contributed by atoms with van der Waals surface area (Å²) in [6.07, 6.45) is 5.35. The van der Waals surface area contributed by atoms with Crippen molar-refractivity contribution in [3.63, 3.8) is 0 Å². The number of nitrogens with zero attached hydrogens (tertiary/aromatic N) is 1. The van der Waals surface area contributed by atoms with E-state index in [1.165, 1.54) is 0 Å². The van der Waals surface area contributed by atoms with Crippen molar-refractivity contribution in [1.29, 1.82) is 0 Å². The molecule has 5 nitrogen and oxygen atoms in total. The summed E-state index contributed by atoms with van der Waals surface area (Å²) >= 11 is 1.81. The molecule has 0 aliphatic rings. The van der Waals surface area contributed by atoms with Gasteiger partial charge in [-0.05, 0) is 24.9 Å². The highest BCUT2D eigenvalue weighted by Crippen LogP contribution is 2.07. The van der Waals surface area contributed by atoms with E-state index in [9.17, 15) is 4.79 Å². The van der Waals surface area contributed by atoms with Gasteiger partial charge in [0.1, 0.15) is 6.26 Å². The molecule has 0 radical (unpaired) electrons. The van der Waals surface area contributed by atoms with Crippen LogP contribution in [0.25, 0.3) is 0 Å². The monoisotopic (exact) mass is 230 g/mol. The number of carbonyl (C=O) groups is 1. The van der Waals surface area contributed by atoms with Crippen molar-refractivity contribution in [1.82, 2.24) is 4.98 Å². The molecule has 0 amide bonds. The quantitative estimate of drug-likeness (QED) is 0.697. The van der Waals surface area contributed by atoms with E-state index in [-0.39, 0.29) is 11.7 Å². The van der Waals surface area contributed by atoms with Gasteiger partial charge in [-0.15, -0.1) is 0 Å². The molecule has 0 fully saturated rings. The second kappa shape index (κ2) is 6.34. The summed E-state index contributed by atoms with van der Waals surface area (Å²) in [5.41, 5.74) is -0.0680. The molecule has 15 heavy (non-hydrogen) atoms. The lowest BCUT2D eigenvalue weighted by atomic mass is 10.3. The number of oxazole rings is 1. The van der Waals surface area contributed by atoms with Crippen LogP contribution in [-0.4, -0.2) is 34.6 Å². The lowest BCUT2D eigenvalue weighted by Gasteiger charge is -1.99. The zero-order chi connectivity index (χ0) is 11.1. The minimum atomic E-state index is -1.07. The van der Waals surface area contributed by atoms with Crippen LogP contribution in [0.15, 0.2) is 10.7 Å². The summed E-state index contributed by atoms with van der Waals surface area (Å²) in [5, 5.41) is 11.5. The van der Waals surface area contributed by atoms with Crippen LogP contribution in [0.3, 0.4) is 0 Å². The van der Waals surface area contributed by atoms with E-state index in [0.717, 1.165) is 31.4 Å². The van der Waals surface area contributed by atoms with E-state index in [0.29, 0.717) is 0 Å². The maximum absolute atomic E-state index is 10.5. The SMILES string of the molecule is CSCCCCNc1nc(C(=O)O)co1. The minimum absolute atomic E-state index is 0.0680. The Morgan fingerprint density at radius 1 is 1.67 bits per heavy atom. The molecule has 0 spiro atoms. The zero-order valence-corrected chi connectivity index (χ0v) is 9.34. The normalized spacial score (nSPS) is 10.2. The molecule has 6 heteroatoms. The average molecular weight is 230 g/mol. The number of thioether (sulfide) groups is 1. The molecule has 2 N–H and O–H groups in total. The summed E-state index contributed by atoms with van der Waals surface area (Å²) in [6, 6.07) is 0.275. The number of anilines is 1. The van der Waals surface area contributed by atoms with E-state index in [1.54, 1.807) is 0 Å². The van der Waals surface area contributed by atoms with Gasteiger partial charge in [-0.3, -0.25) is 0 Å². The van der Waals surface area contributed by atoms with Crippen molar-refractivity contribution >= 4 is 23.7 Å². The number of hydrogen-bond acceptors (Lipinski definition) is 5. The molecule has 0 aromatic carbocycles. The number of rotatable bonds is 7. The van der Waals surface area contributed by atoms with E-state index in [2.05, 4.69) is 16.6 Å². The second-order valence-electron chi connectivity index (χ2n) is 2.97. The number of aromatic nitrogens is 1. The smallest absolute Gasteiger partial charge is 0.357 e. The van der Waals surface area contributed by atoms with Crippen LogP contribution in [0.4, 0.5) is 6.01 Å². The van der Waals surface area contributed by atoms with Gasteiger partial charge in [-0.1, -0.05) is 0 Å². The number of carboxylic acids is 1. The van der Waals surface area contributed by atoms with Crippen molar-refractivity contribution in [3.05, 3.63) is 12.0 Å². The maximum Gasteiger partial charge on any atom is 0.357 e. The van der Waals surface area contributed by atoms with Crippen LogP contribution in [0.5, 0.6) is 0 Å². The van der Waals surface area contributed by atoms with Gasteiger partial charge < -0.3 is 14.8 Å². The Morgan fingerprint density at radius 3 is 3.07 bits per heavy atom. The van der Waals surface area contributed by atoms with Crippen molar-refractivity contribution in [2.75, 3.05) is 23.9 Å². The first kappa shape index (κ1) is 11.9. The number of unbranched alkanes of at least 4 members (excludes halogenated alkanes) is 1. The van der Waals surface area contributed by atoms with Crippen molar-refractivity contribution in [3.8, 4) is 0 Å². The zero-order valence-electron chi connectivity index (χ0n) is 8.52. The van der Waals surface area contributed by atoms with Crippen LogP contribution in [0.1, 0.15) is 23.3 Å². The Kier molecular flexibility index (Phi) is 5.03. The molecule has 0 saturated heterocycles. The van der Waals surface area contributed by atoms with Crippen molar-refractivity contribution in [2.24, 2.45) is 0 Å².